The quantitative estimate of drug-likeness (QED) is 0.557. The zero-order chi connectivity index (χ0) is 13.0. The summed E-state index contributed by atoms with van der Waals surface area (Å²) in [7, 11) is 0.695. The van der Waals surface area contributed by atoms with Crippen molar-refractivity contribution in [2.45, 2.75) is 13.8 Å². The first-order valence-electron chi connectivity index (χ1n) is 6.09. The maximum Gasteiger partial charge on any atom is 0.0676 e. The summed E-state index contributed by atoms with van der Waals surface area (Å²) in [5, 5.41) is 0. The van der Waals surface area contributed by atoms with Gasteiger partial charge >= 0.3 is 0 Å². The van der Waals surface area contributed by atoms with Gasteiger partial charge in [0.1, 0.15) is 0 Å². The van der Waals surface area contributed by atoms with Crippen LogP contribution in [-0.2, 0) is 0 Å². The molecule has 0 aliphatic carbocycles. The van der Waals surface area contributed by atoms with Gasteiger partial charge in [-0.1, -0.05) is 45.0 Å². The fourth-order valence-electron chi connectivity index (χ4n) is 2.01. The summed E-state index contributed by atoms with van der Waals surface area (Å²) in [6.45, 7) is 6.40. The molecule has 0 aliphatic heterocycles. The number of aryl methyl sites for hydroxylation is 2. The van der Waals surface area contributed by atoms with E-state index >= 15 is 0 Å². The Bertz CT molecular complexity index is 538. The predicted octanol–water partition coefficient (Wildman–Crippen LogP) is 4.69. The molecule has 0 aromatic heterocycles. The fourth-order valence-corrected chi connectivity index (χ4v) is 2.70. The van der Waals surface area contributed by atoms with Gasteiger partial charge in [-0.25, -0.2) is 4.99 Å². The molecule has 18 heavy (non-hydrogen) atoms. The summed E-state index contributed by atoms with van der Waals surface area (Å²) in [6, 6.07) is 16.9. The zero-order valence-corrected chi connectivity index (χ0v) is 12.1. The smallest absolute Gasteiger partial charge is 0.0676 e. The first-order chi connectivity index (χ1) is 8.69. The lowest BCUT2D eigenvalue weighted by Crippen LogP contribution is -1.91. The van der Waals surface area contributed by atoms with Crippen LogP contribution in [0.2, 0.25) is 0 Å². The standard InChI is InChI=1S/C16H18NP/c1-12-9-13(2)11-15(10-12)17-16(18-3)14-7-5-4-6-8-14/h4-11,18H,1-3H3. The number of hydrogen-bond acceptors (Lipinski definition) is 1. The summed E-state index contributed by atoms with van der Waals surface area (Å²) in [4.78, 5) is 4.80. The summed E-state index contributed by atoms with van der Waals surface area (Å²) >= 11 is 0. The molecule has 1 unspecified atom stereocenters. The van der Waals surface area contributed by atoms with E-state index in [2.05, 4.69) is 63.0 Å². The second kappa shape index (κ2) is 5.93. The van der Waals surface area contributed by atoms with Gasteiger partial charge in [-0.2, -0.15) is 0 Å². The number of hydrogen-bond donors (Lipinski definition) is 0. The topological polar surface area (TPSA) is 12.4 Å². The molecule has 2 aromatic rings. The molecule has 2 rings (SSSR count). The predicted molar refractivity (Wildman–Crippen MR) is 82.8 cm³/mol. The monoisotopic (exact) mass is 255 g/mol. The number of nitrogens with zero attached hydrogens (tertiary/aromatic N) is 1. The van der Waals surface area contributed by atoms with Crippen LogP contribution in [0.15, 0.2) is 53.5 Å². The zero-order valence-electron chi connectivity index (χ0n) is 11.1. The molecular weight excluding hydrogens is 237 g/mol. The first-order valence-corrected chi connectivity index (χ1v) is 7.59. The number of aliphatic imine (C=N–C) groups is 1. The van der Waals surface area contributed by atoms with Gasteiger partial charge < -0.3 is 0 Å². The van der Waals surface area contributed by atoms with Gasteiger partial charge in [-0.15, -0.1) is 0 Å². The van der Waals surface area contributed by atoms with Crippen molar-refractivity contribution >= 4 is 19.7 Å². The van der Waals surface area contributed by atoms with Crippen LogP contribution in [0, 0.1) is 13.8 Å². The lowest BCUT2D eigenvalue weighted by Gasteiger charge is -2.05. The molecule has 92 valence electrons. The van der Waals surface area contributed by atoms with Crippen molar-refractivity contribution in [3.63, 3.8) is 0 Å². The van der Waals surface area contributed by atoms with Gasteiger partial charge in [0.15, 0.2) is 0 Å². The molecule has 0 aliphatic rings. The summed E-state index contributed by atoms with van der Waals surface area (Å²) in [5.41, 5.74) is 5.97. The Kier molecular flexibility index (Phi) is 4.28. The largest absolute Gasteiger partial charge is 0.248 e. The highest BCUT2D eigenvalue weighted by Crippen LogP contribution is 2.23. The molecule has 0 spiro atoms. The Balaban J connectivity index is 2.41. The molecular formula is C16H18NP. The second-order valence-corrected chi connectivity index (χ2v) is 5.40. The highest BCUT2D eigenvalue weighted by Gasteiger charge is 2.01. The average Bonchev–Trinajstić information content (AvgIpc) is 2.36. The third kappa shape index (κ3) is 3.27. The number of rotatable bonds is 3. The van der Waals surface area contributed by atoms with Gasteiger partial charge in [0, 0.05) is 5.56 Å². The minimum absolute atomic E-state index is 0.695. The van der Waals surface area contributed by atoms with Crippen LogP contribution in [0.4, 0.5) is 5.69 Å². The number of benzene rings is 2. The van der Waals surface area contributed by atoms with Crippen molar-refractivity contribution in [3.05, 3.63) is 65.2 Å². The molecule has 0 N–H and O–H groups in total. The molecule has 0 saturated heterocycles. The van der Waals surface area contributed by atoms with Gasteiger partial charge in [0.05, 0.1) is 11.1 Å². The normalized spacial score (nSPS) is 12.3. The lowest BCUT2D eigenvalue weighted by molar-refractivity contribution is 1.36. The van der Waals surface area contributed by atoms with Gasteiger partial charge in [0.25, 0.3) is 0 Å². The van der Waals surface area contributed by atoms with Crippen LogP contribution in [0.3, 0.4) is 0 Å². The minimum atomic E-state index is 0.695. The highest BCUT2D eigenvalue weighted by molar-refractivity contribution is 7.58. The van der Waals surface area contributed by atoms with E-state index in [4.69, 9.17) is 4.99 Å². The van der Waals surface area contributed by atoms with Crippen LogP contribution >= 0.6 is 8.58 Å². The summed E-state index contributed by atoms with van der Waals surface area (Å²) in [6.07, 6.45) is 0. The van der Waals surface area contributed by atoms with Crippen molar-refractivity contribution in [1.82, 2.24) is 0 Å². The van der Waals surface area contributed by atoms with Crippen molar-refractivity contribution in [2.24, 2.45) is 4.99 Å². The molecule has 0 bridgehead atoms. The lowest BCUT2D eigenvalue weighted by atomic mass is 10.1. The first kappa shape index (κ1) is 13.0. The molecule has 0 heterocycles. The van der Waals surface area contributed by atoms with E-state index in [9.17, 15) is 0 Å². The maximum atomic E-state index is 4.80. The van der Waals surface area contributed by atoms with E-state index in [1.807, 2.05) is 6.07 Å². The van der Waals surface area contributed by atoms with Crippen molar-refractivity contribution in [3.8, 4) is 0 Å². The Labute approximate surface area is 111 Å². The van der Waals surface area contributed by atoms with Crippen LogP contribution < -0.4 is 0 Å². The van der Waals surface area contributed by atoms with Crippen molar-refractivity contribution < 1.29 is 0 Å². The average molecular weight is 255 g/mol. The Morgan fingerprint density at radius 2 is 1.56 bits per heavy atom. The van der Waals surface area contributed by atoms with E-state index in [1.54, 1.807) is 0 Å². The Morgan fingerprint density at radius 3 is 2.11 bits per heavy atom. The molecule has 2 heteroatoms. The van der Waals surface area contributed by atoms with Crippen LogP contribution in [-0.4, -0.2) is 12.1 Å². The molecule has 0 amide bonds. The van der Waals surface area contributed by atoms with Gasteiger partial charge in [-0.3, -0.25) is 0 Å². The minimum Gasteiger partial charge on any atom is -0.248 e. The van der Waals surface area contributed by atoms with Crippen LogP contribution in [0.1, 0.15) is 16.7 Å². The summed E-state index contributed by atoms with van der Waals surface area (Å²) < 4.78 is 0. The van der Waals surface area contributed by atoms with E-state index in [0.29, 0.717) is 8.58 Å². The second-order valence-electron chi connectivity index (χ2n) is 4.42. The van der Waals surface area contributed by atoms with E-state index in [0.717, 1.165) is 5.69 Å². The van der Waals surface area contributed by atoms with Crippen molar-refractivity contribution in [2.75, 3.05) is 6.66 Å². The highest BCUT2D eigenvalue weighted by atomic mass is 31.1. The van der Waals surface area contributed by atoms with E-state index in [1.165, 1.54) is 22.1 Å². The van der Waals surface area contributed by atoms with Crippen LogP contribution in [0.5, 0.6) is 0 Å². The van der Waals surface area contributed by atoms with E-state index in [-0.39, 0.29) is 0 Å². The molecule has 0 radical (unpaired) electrons. The molecule has 1 atom stereocenters. The molecule has 2 aromatic carbocycles. The molecule has 1 nitrogen and oxygen atoms in total. The van der Waals surface area contributed by atoms with E-state index < -0.39 is 0 Å². The fraction of sp³-hybridized carbons (Fsp3) is 0.188. The summed E-state index contributed by atoms with van der Waals surface area (Å²) in [5.74, 6) is 0. The third-order valence-electron chi connectivity index (χ3n) is 2.73. The Hall–Kier alpha value is -1.46. The van der Waals surface area contributed by atoms with Crippen molar-refractivity contribution in [1.29, 1.82) is 0 Å². The molecule has 0 fully saturated rings. The third-order valence-corrected chi connectivity index (χ3v) is 3.61. The van der Waals surface area contributed by atoms with Gasteiger partial charge in [0.2, 0.25) is 0 Å². The Morgan fingerprint density at radius 1 is 0.944 bits per heavy atom. The maximum absolute atomic E-state index is 4.80. The molecule has 0 saturated carbocycles. The SMILES string of the molecule is CPC(=Nc1cc(C)cc(C)c1)c1ccccc1. The van der Waals surface area contributed by atoms with Crippen LogP contribution in [0.25, 0.3) is 0 Å². The van der Waals surface area contributed by atoms with Gasteiger partial charge in [-0.05, 0) is 43.8 Å².